The maximum absolute atomic E-state index is 13.0. The molecular weight excluding hydrogens is 436 g/mol. The standard InChI is InChI=1S/C21H32N4O4S2/c1-4-13-30-20-8-6-5-7-19(20)22-21(26)16-23-9-11-24(12-10-23)31(27,28)25-14-17(2)29-18(3)15-25/h4-8,17-18H,1,9-16H2,2-3H3,(H,22,26)/t17-,18+. The molecule has 0 saturated carbocycles. The van der Waals surface area contributed by atoms with Crippen LogP contribution in [-0.4, -0.2) is 91.6 Å². The van der Waals surface area contributed by atoms with E-state index in [0.29, 0.717) is 39.3 Å². The lowest BCUT2D eigenvalue weighted by Gasteiger charge is -2.40. The van der Waals surface area contributed by atoms with Gasteiger partial charge < -0.3 is 10.1 Å². The Labute approximate surface area is 189 Å². The normalized spacial score (nSPS) is 24.1. The zero-order valence-corrected chi connectivity index (χ0v) is 19.8. The number of piperazine rings is 1. The van der Waals surface area contributed by atoms with E-state index in [-0.39, 0.29) is 24.7 Å². The molecule has 31 heavy (non-hydrogen) atoms. The number of rotatable bonds is 8. The molecule has 8 nitrogen and oxygen atoms in total. The van der Waals surface area contributed by atoms with Crippen LogP contribution in [0.15, 0.2) is 41.8 Å². The van der Waals surface area contributed by atoms with Crippen LogP contribution in [0, 0.1) is 0 Å². The van der Waals surface area contributed by atoms with Gasteiger partial charge in [0.25, 0.3) is 10.2 Å². The van der Waals surface area contributed by atoms with Gasteiger partial charge in [-0.15, -0.1) is 18.3 Å². The summed E-state index contributed by atoms with van der Waals surface area (Å²) in [6.45, 7) is 10.3. The second kappa shape index (κ2) is 10.9. The summed E-state index contributed by atoms with van der Waals surface area (Å²) in [7, 11) is -3.52. The average molecular weight is 469 g/mol. The summed E-state index contributed by atoms with van der Waals surface area (Å²) in [5.41, 5.74) is 0.788. The van der Waals surface area contributed by atoms with Crippen LogP contribution in [-0.2, 0) is 19.7 Å². The summed E-state index contributed by atoms with van der Waals surface area (Å²) in [4.78, 5) is 15.6. The minimum atomic E-state index is -3.52. The van der Waals surface area contributed by atoms with Gasteiger partial charge in [-0.1, -0.05) is 18.2 Å². The van der Waals surface area contributed by atoms with Crippen molar-refractivity contribution in [3.05, 3.63) is 36.9 Å². The number of carbonyl (C=O) groups excluding carboxylic acids is 1. The lowest BCUT2D eigenvalue weighted by molar-refractivity contribution is -0.117. The van der Waals surface area contributed by atoms with E-state index in [1.807, 2.05) is 49.1 Å². The van der Waals surface area contributed by atoms with Crippen LogP contribution in [0.4, 0.5) is 5.69 Å². The Morgan fingerprint density at radius 1 is 1.16 bits per heavy atom. The van der Waals surface area contributed by atoms with Crippen molar-refractivity contribution in [3.8, 4) is 0 Å². The van der Waals surface area contributed by atoms with Gasteiger partial charge in [-0.3, -0.25) is 9.69 Å². The monoisotopic (exact) mass is 468 g/mol. The number of benzene rings is 1. The van der Waals surface area contributed by atoms with Crippen molar-refractivity contribution in [2.45, 2.75) is 31.0 Å². The Morgan fingerprint density at radius 2 is 1.81 bits per heavy atom. The molecule has 1 N–H and O–H groups in total. The average Bonchev–Trinajstić information content (AvgIpc) is 2.73. The number of morpholine rings is 1. The van der Waals surface area contributed by atoms with E-state index in [2.05, 4.69) is 11.9 Å². The highest BCUT2D eigenvalue weighted by atomic mass is 32.2. The van der Waals surface area contributed by atoms with Crippen molar-refractivity contribution in [2.24, 2.45) is 0 Å². The largest absolute Gasteiger partial charge is 0.373 e. The molecule has 2 heterocycles. The van der Waals surface area contributed by atoms with Gasteiger partial charge in [0.05, 0.1) is 24.4 Å². The van der Waals surface area contributed by atoms with Gasteiger partial charge in [-0.25, -0.2) is 0 Å². The number of nitrogens with one attached hydrogen (secondary N) is 1. The molecule has 3 rings (SSSR count). The van der Waals surface area contributed by atoms with E-state index in [9.17, 15) is 13.2 Å². The van der Waals surface area contributed by atoms with Crippen LogP contribution in [0.2, 0.25) is 0 Å². The first-order chi connectivity index (χ1) is 14.8. The van der Waals surface area contributed by atoms with Gasteiger partial charge in [0, 0.05) is 49.9 Å². The number of hydrogen-bond donors (Lipinski definition) is 1. The third-order valence-electron chi connectivity index (χ3n) is 5.25. The second-order valence-electron chi connectivity index (χ2n) is 7.90. The summed E-state index contributed by atoms with van der Waals surface area (Å²) in [5.74, 6) is 0.670. The summed E-state index contributed by atoms with van der Waals surface area (Å²) in [6.07, 6.45) is 1.60. The lowest BCUT2D eigenvalue weighted by Crippen LogP contribution is -2.57. The van der Waals surface area contributed by atoms with Crippen LogP contribution < -0.4 is 5.32 Å². The van der Waals surface area contributed by atoms with Crippen molar-refractivity contribution >= 4 is 33.6 Å². The number of carbonyl (C=O) groups is 1. The fourth-order valence-electron chi connectivity index (χ4n) is 3.84. The molecular formula is C21H32N4O4S2. The summed E-state index contributed by atoms with van der Waals surface area (Å²) in [6, 6.07) is 7.69. The third-order valence-corrected chi connectivity index (χ3v) is 8.29. The summed E-state index contributed by atoms with van der Waals surface area (Å²) >= 11 is 1.62. The Kier molecular flexibility index (Phi) is 8.54. The molecule has 172 valence electrons. The van der Waals surface area contributed by atoms with E-state index in [1.165, 1.54) is 8.61 Å². The van der Waals surface area contributed by atoms with Gasteiger partial charge in [-0.2, -0.15) is 17.0 Å². The highest BCUT2D eigenvalue weighted by Crippen LogP contribution is 2.27. The zero-order chi connectivity index (χ0) is 22.4. The number of hydrogen-bond acceptors (Lipinski definition) is 6. The molecule has 0 radical (unpaired) electrons. The molecule has 2 atom stereocenters. The van der Waals surface area contributed by atoms with E-state index in [4.69, 9.17) is 4.74 Å². The SMILES string of the molecule is C=CCSc1ccccc1NC(=O)CN1CCN(S(=O)(=O)N2C[C@@H](C)O[C@@H](C)C2)CC1. The molecule has 1 aromatic carbocycles. The maximum Gasteiger partial charge on any atom is 0.282 e. The van der Waals surface area contributed by atoms with Crippen LogP contribution in [0.3, 0.4) is 0 Å². The number of para-hydroxylation sites is 1. The van der Waals surface area contributed by atoms with E-state index in [1.54, 1.807) is 11.8 Å². The highest BCUT2D eigenvalue weighted by molar-refractivity contribution is 7.99. The molecule has 0 spiro atoms. The van der Waals surface area contributed by atoms with Crippen molar-refractivity contribution in [1.29, 1.82) is 0 Å². The molecule has 0 aromatic heterocycles. The molecule has 0 unspecified atom stereocenters. The van der Waals surface area contributed by atoms with Crippen LogP contribution in [0.1, 0.15) is 13.8 Å². The Balaban J connectivity index is 1.51. The lowest BCUT2D eigenvalue weighted by atomic mass is 10.3. The number of thioether (sulfide) groups is 1. The first-order valence-electron chi connectivity index (χ1n) is 10.5. The smallest absolute Gasteiger partial charge is 0.282 e. The van der Waals surface area contributed by atoms with E-state index >= 15 is 0 Å². The van der Waals surface area contributed by atoms with Crippen LogP contribution in [0.5, 0.6) is 0 Å². The van der Waals surface area contributed by atoms with Crippen molar-refractivity contribution in [3.63, 3.8) is 0 Å². The third kappa shape index (κ3) is 6.53. The molecule has 0 bridgehead atoms. The fourth-order valence-corrected chi connectivity index (χ4v) is 6.33. The molecule has 2 saturated heterocycles. The second-order valence-corrected chi connectivity index (χ2v) is 10.9. The molecule has 0 aliphatic carbocycles. The van der Waals surface area contributed by atoms with Gasteiger partial charge in [0.15, 0.2) is 0 Å². The Morgan fingerprint density at radius 3 is 2.45 bits per heavy atom. The van der Waals surface area contributed by atoms with Crippen LogP contribution in [0.25, 0.3) is 0 Å². The van der Waals surface area contributed by atoms with E-state index in [0.717, 1.165) is 16.3 Å². The number of nitrogens with zero attached hydrogens (tertiary/aromatic N) is 3. The van der Waals surface area contributed by atoms with Gasteiger partial charge in [0.2, 0.25) is 5.91 Å². The van der Waals surface area contributed by atoms with Gasteiger partial charge in [-0.05, 0) is 26.0 Å². The van der Waals surface area contributed by atoms with Gasteiger partial charge >= 0.3 is 0 Å². The predicted molar refractivity (Wildman–Crippen MR) is 125 cm³/mol. The minimum Gasteiger partial charge on any atom is -0.373 e. The minimum absolute atomic E-state index is 0.0983. The summed E-state index contributed by atoms with van der Waals surface area (Å²) < 4.78 is 34.7. The number of ether oxygens (including phenoxy) is 1. The van der Waals surface area contributed by atoms with Crippen molar-refractivity contribution in [2.75, 3.05) is 56.9 Å². The first kappa shape index (κ1) is 24.2. The van der Waals surface area contributed by atoms with Crippen molar-refractivity contribution < 1.29 is 17.9 Å². The molecule has 2 aliphatic heterocycles. The molecule has 1 amide bonds. The molecule has 2 aliphatic rings. The topological polar surface area (TPSA) is 82.2 Å². The van der Waals surface area contributed by atoms with Crippen LogP contribution >= 0.6 is 11.8 Å². The predicted octanol–water partition coefficient (Wildman–Crippen LogP) is 1.87. The quantitative estimate of drug-likeness (QED) is 0.463. The Hall–Kier alpha value is -1.43. The molecule has 2 fully saturated rings. The molecule has 1 aromatic rings. The van der Waals surface area contributed by atoms with E-state index < -0.39 is 10.2 Å². The Bertz CT molecular complexity index is 862. The van der Waals surface area contributed by atoms with Gasteiger partial charge in [0.1, 0.15) is 0 Å². The molecule has 10 heteroatoms. The highest BCUT2D eigenvalue weighted by Gasteiger charge is 2.36. The first-order valence-corrected chi connectivity index (χ1v) is 12.9. The zero-order valence-electron chi connectivity index (χ0n) is 18.2. The number of anilines is 1. The number of amides is 1. The van der Waals surface area contributed by atoms with Crippen molar-refractivity contribution in [1.82, 2.24) is 13.5 Å². The maximum atomic E-state index is 13.0. The summed E-state index contributed by atoms with van der Waals surface area (Å²) in [5, 5.41) is 2.98. The fraction of sp³-hybridized carbons (Fsp3) is 0.571.